The molecular formula is C18H19NO6S. The quantitative estimate of drug-likeness (QED) is 0.777. The lowest BCUT2D eigenvalue weighted by Crippen LogP contribution is -2.19. The number of hydrogen-bond acceptors (Lipinski definition) is 6. The molecule has 8 heteroatoms. The molecule has 0 spiro atoms. The van der Waals surface area contributed by atoms with Crippen LogP contribution < -0.4 is 4.72 Å². The van der Waals surface area contributed by atoms with Crippen molar-refractivity contribution >= 4 is 27.6 Å². The monoisotopic (exact) mass is 377 g/mol. The summed E-state index contributed by atoms with van der Waals surface area (Å²) in [5.74, 6) is -1.55. The van der Waals surface area contributed by atoms with E-state index in [9.17, 15) is 18.0 Å². The number of carbonyl (C=O) groups is 2. The maximum Gasteiger partial charge on any atom is 0.339 e. The first-order valence-corrected chi connectivity index (χ1v) is 9.23. The zero-order valence-corrected chi connectivity index (χ0v) is 15.4. The maximum absolute atomic E-state index is 12.8. The molecule has 0 aromatic heterocycles. The Hall–Kier alpha value is -2.87. The van der Waals surface area contributed by atoms with E-state index < -0.39 is 22.0 Å². The van der Waals surface area contributed by atoms with Gasteiger partial charge in [-0.3, -0.25) is 4.72 Å². The van der Waals surface area contributed by atoms with Gasteiger partial charge in [0.15, 0.2) is 0 Å². The fraction of sp³-hybridized carbons (Fsp3) is 0.222. The first-order chi connectivity index (χ1) is 12.3. The summed E-state index contributed by atoms with van der Waals surface area (Å²) in [4.78, 5) is 23.3. The molecule has 0 heterocycles. The molecule has 0 fully saturated rings. The summed E-state index contributed by atoms with van der Waals surface area (Å²) < 4.78 is 37.3. The van der Waals surface area contributed by atoms with Crippen LogP contribution in [0, 0.1) is 0 Å². The number of esters is 2. The topological polar surface area (TPSA) is 98.8 Å². The number of nitrogens with one attached hydrogen (secondary N) is 1. The largest absolute Gasteiger partial charge is 0.465 e. The third kappa shape index (κ3) is 4.20. The lowest BCUT2D eigenvalue weighted by Gasteiger charge is -2.13. The molecule has 0 amide bonds. The zero-order chi connectivity index (χ0) is 19.3. The number of carbonyl (C=O) groups excluding carboxylic acids is 2. The average Bonchev–Trinajstić information content (AvgIpc) is 2.66. The van der Waals surface area contributed by atoms with E-state index in [1.165, 1.54) is 19.2 Å². The van der Waals surface area contributed by atoms with E-state index in [2.05, 4.69) is 14.2 Å². The molecule has 0 atom stereocenters. The number of ether oxygens (including phenoxy) is 2. The number of hydrogen-bond donors (Lipinski definition) is 1. The van der Waals surface area contributed by atoms with Gasteiger partial charge in [-0.2, -0.15) is 0 Å². The lowest BCUT2D eigenvalue weighted by atomic mass is 10.1. The molecule has 26 heavy (non-hydrogen) atoms. The normalized spacial score (nSPS) is 10.9. The van der Waals surface area contributed by atoms with Crippen molar-refractivity contribution < 1.29 is 27.5 Å². The van der Waals surface area contributed by atoms with E-state index in [0.717, 1.165) is 25.2 Å². The Bertz CT molecular complexity index is 936. The molecule has 0 saturated heterocycles. The molecule has 2 aromatic carbocycles. The number of anilines is 1. The minimum atomic E-state index is -4.15. The summed E-state index contributed by atoms with van der Waals surface area (Å²) in [5, 5.41) is 0. The van der Waals surface area contributed by atoms with Gasteiger partial charge in [-0.1, -0.05) is 19.1 Å². The van der Waals surface area contributed by atoms with Gasteiger partial charge >= 0.3 is 11.9 Å². The Morgan fingerprint density at radius 1 is 1.00 bits per heavy atom. The van der Waals surface area contributed by atoms with Gasteiger partial charge in [-0.15, -0.1) is 0 Å². The second kappa shape index (κ2) is 8.01. The summed E-state index contributed by atoms with van der Waals surface area (Å²) in [6.45, 7) is 1.95. The Labute approximate surface area is 152 Å². The molecule has 0 aliphatic carbocycles. The second-order valence-corrected chi connectivity index (χ2v) is 7.00. The van der Waals surface area contributed by atoms with Crippen molar-refractivity contribution in [1.82, 2.24) is 0 Å². The van der Waals surface area contributed by atoms with Crippen LogP contribution in [-0.4, -0.2) is 34.6 Å². The van der Waals surface area contributed by atoms with Gasteiger partial charge in [-0.05, 0) is 42.3 Å². The lowest BCUT2D eigenvalue weighted by molar-refractivity contribution is 0.0583. The van der Waals surface area contributed by atoms with Crippen molar-refractivity contribution in [2.24, 2.45) is 0 Å². The molecule has 0 saturated carbocycles. The molecular weight excluding hydrogens is 358 g/mol. The molecule has 2 aromatic rings. The van der Waals surface area contributed by atoms with Crippen LogP contribution in [0.3, 0.4) is 0 Å². The first-order valence-electron chi connectivity index (χ1n) is 7.74. The minimum Gasteiger partial charge on any atom is -0.465 e. The predicted octanol–water partition coefficient (Wildman–Crippen LogP) is 2.62. The Kier molecular flexibility index (Phi) is 5.99. The van der Waals surface area contributed by atoms with E-state index in [4.69, 9.17) is 0 Å². The van der Waals surface area contributed by atoms with Gasteiger partial charge in [0.25, 0.3) is 10.0 Å². The standard InChI is InChI=1S/C18H19NO6S/c1-4-12-6-5-7-14(10-12)19-26(22,23)16-11-13(17(20)24-2)8-9-15(16)18(21)25-3/h5-11,19H,4H2,1-3H3. The third-order valence-electron chi connectivity index (χ3n) is 3.68. The number of benzene rings is 2. The van der Waals surface area contributed by atoms with E-state index in [0.29, 0.717) is 5.69 Å². The van der Waals surface area contributed by atoms with E-state index in [1.54, 1.807) is 18.2 Å². The van der Waals surface area contributed by atoms with Crippen molar-refractivity contribution in [2.45, 2.75) is 18.2 Å². The van der Waals surface area contributed by atoms with Crippen molar-refractivity contribution in [3.05, 3.63) is 59.2 Å². The highest BCUT2D eigenvalue weighted by molar-refractivity contribution is 7.92. The van der Waals surface area contributed by atoms with Gasteiger partial charge in [0.05, 0.1) is 25.3 Å². The second-order valence-electron chi connectivity index (χ2n) is 5.35. The highest BCUT2D eigenvalue weighted by Gasteiger charge is 2.25. The van der Waals surface area contributed by atoms with Crippen LogP contribution in [0.15, 0.2) is 47.4 Å². The molecule has 0 unspecified atom stereocenters. The van der Waals surface area contributed by atoms with Crippen LogP contribution in [0.1, 0.15) is 33.2 Å². The van der Waals surface area contributed by atoms with Crippen molar-refractivity contribution in [1.29, 1.82) is 0 Å². The summed E-state index contributed by atoms with van der Waals surface area (Å²) >= 11 is 0. The van der Waals surface area contributed by atoms with Crippen LogP contribution in [0.4, 0.5) is 5.69 Å². The molecule has 0 radical (unpaired) electrons. The van der Waals surface area contributed by atoms with Gasteiger partial charge in [0, 0.05) is 5.69 Å². The molecule has 2 rings (SSSR count). The van der Waals surface area contributed by atoms with E-state index in [-0.39, 0.29) is 16.0 Å². The van der Waals surface area contributed by atoms with Gasteiger partial charge in [-0.25, -0.2) is 18.0 Å². The SMILES string of the molecule is CCc1cccc(NS(=O)(=O)c2cc(C(=O)OC)ccc2C(=O)OC)c1. The smallest absolute Gasteiger partial charge is 0.339 e. The third-order valence-corrected chi connectivity index (χ3v) is 5.11. The fourth-order valence-electron chi connectivity index (χ4n) is 2.33. The number of rotatable bonds is 6. The van der Waals surface area contributed by atoms with Crippen molar-refractivity contribution in [3.63, 3.8) is 0 Å². The van der Waals surface area contributed by atoms with E-state index >= 15 is 0 Å². The summed E-state index contributed by atoms with van der Waals surface area (Å²) in [5.41, 5.74) is 1.12. The number of sulfonamides is 1. The van der Waals surface area contributed by atoms with Crippen molar-refractivity contribution in [2.75, 3.05) is 18.9 Å². The molecule has 0 aliphatic heterocycles. The molecule has 7 nitrogen and oxygen atoms in total. The molecule has 0 aliphatic rings. The van der Waals surface area contributed by atoms with E-state index in [1.807, 2.05) is 13.0 Å². The van der Waals surface area contributed by atoms with Crippen LogP contribution in [0.2, 0.25) is 0 Å². The van der Waals surface area contributed by atoms with Crippen LogP contribution in [0.25, 0.3) is 0 Å². The fourth-order valence-corrected chi connectivity index (χ4v) is 3.60. The zero-order valence-electron chi connectivity index (χ0n) is 14.6. The predicted molar refractivity (Wildman–Crippen MR) is 95.7 cm³/mol. The van der Waals surface area contributed by atoms with Crippen LogP contribution in [0.5, 0.6) is 0 Å². The van der Waals surface area contributed by atoms with Gasteiger partial charge < -0.3 is 9.47 Å². The highest BCUT2D eigenvalue weighted by atomic mass is 32.2. The average molecular weight is 377 g/mol. The number of methoxy groups -OCH3 is 2. The maximum atomic E-state index is 12.8. The Balaban J connectivity index is 2.54. The van der Waals surface area contributed by atoms with Gasteiger partial charge in [0.2, 0.25) is 0 Å². The van der Waals surface area contributed by atoms with Crippen molar-refractivity contribution in [3.8, 4) is 0 Å². The molecule has 138 valence electrons. The minimum absolute atomic E-state index is 0.00263. The highest BCUT2D eigenvalue weighted by Crippen LogP contribution is 2.23. The molecule has 0 bridgehead atoms. The van der Waals surface area contributed by atoms with Crippen LogP contribution in [-0.2, 0) is 25.9 Å². The molecule has 1 N–H and O–H groups in total. The number of aryl methyl sites for hydroxylation is 1. The first kappa shape index (κ1) is 19.5. The summed E-state index contributed by atoms with van der Waals surface area (Å²) in [6.07, 6.45) is 0.737. The summed E-state index contributed by atoms with van der Waals surface area (Å²) in [6, 6.07) is 10.5. The summed E-state index contributed by atoms with van der Waals surface area (Å²) in [7, 11) is -1.82. The Morgan fingerprint density at radius 3 is 2.31 bits per heavy atom. The Morgan fingerprint density at radius 2 is 1.69 bits per heavy atom. The van der Waals surface area contributed by atoms with Crippen LogP contribution >= 0.6 is 0 Å². The van der Waals surface area contributed by atoms with Gasteiger partial charge in [0.1, 0.15) is 4.90 Å².